The van der Waals surface area contributed by atoms with Crippen molar-refractivity contribution in [3.8, 4) is 6.01 Å². The number of aromatic nitrogens is 2. The van der Waals surface area contributed by atoms with Crippen LogP contribution in [0.25, 0.3) is 0 Å². The maximum absolute atomic E-state index is 5.50. The smallest absolute Gasteiger partial charge is 0.316 e. The summed E-state index contributed by atoms with van der Waals surface area (Å²) in [5.41, 5.74) is 0.891. The summed E-state index contributed by atoms with van der Waals surface area (Å²) in [5.74, 6) is 0.435. The Labute approximate surface area is 64.0 Å². The molecule has 4 heteroatoms. The van der Waals surface area contributed by atoms with Gasteiger partial charge in [0.1, 0.15) is 0 Å². The van der Waals surface area contributed by atoms with Crippen LogP contribution < -0.4 is 4.74 Å². The third kappa shape index (κ3) is 1.57. The average molecular weight is 159 g/mol. The largest absolute Gasteiger partial charge is 0.467 e. The van der Waals surface area contributed by atoms with Crippen molar-refractivity contribution in [2.75, 3.05) is 7.11 Å². The maximum Gasteiger partial charge on any atom is 0.316 e. The number of nitrogens with zero attached hydrogens (tertiary/aromatic N) is 2. The van der Waals surface area contributed by atoms with Gasteiger partial charge >= 0.3 is 6.01 Å². The van der Waals surface area contributed by atoms with Crippen LogP contribution in [0.2, 0.25) is 0 Å². The van der Waals surface area contributed by atoms with Gasteiger partial charge < -0.3 is 4.74 Å². The van der Waals surface area contributed by atoms with Crippen molar-refractivity contribution in [1.82, 2.24) is 9.97 Å². The van der Waals surface area contributed by atoms with E-state index in [-0.39, 0.29) is 0 Å². The molecule has 0 spiro atoms. The highest BCUT2D eigenvalue weighted by Gasteiger charge is 1.93. The van der Waals surface area contributed by atoms with E-state index in [1.165, 1.54) is 7.11 Å². The molecule has 0 aliphatic carbocycles. The van der Waals surface area contributed by atoms with Crippen molar-refractivity contribution < 1.29 is 4.74 Å². The lowest BCUT2D eigenvalue weighted by molar-refractivity contribution is 0.379. The lowest BCUT2D eigenvalue weighted by Crippen LogP contribution is -1.91. The van der Waals surface area contributed by atoms with Crippen LogP contribution in [0.4, 0.5) is 0 Å². The van der Waals surface area contributed by atoms with Crippen LogP contribution in [0.3, 0.4) is 0 Å². The number of alkyl halides is 1. The maximum atomic E-state index is 5.50. The molecule has 0 amide bonds. The average Bonchev–Trinajstić information content (AvgIpc) is 2.05. The highest BCUT2D eigenvalue weighted by molar-refractivity contribution is 6.17. The molecule has 3 nitrogen and oxygen atoms in total. The predicted molar refractivity (Wildman–Crippen MR) is 38.1 cm³/mol. The minimum absolute atomic E-state index is 0.369. The fourth-order valence-electron chi connectivity index (χ4n) is 0.517. The molecule has 0 atom stereocenters. The number of hydrogen-bond acceptors (Lipinski definition) is 3. The molecule has 0 radical (unpaired) electrons. The second kappa shape index (κ2) is 3.37. The molecule has 0 saturated heterocycles. The Kier molecular flexibility index (Phi) is 2.45. The molecule has 0 aliphatic heterocycles. The molecule has 0 N–H and O–H groups in total. The van der Waals surface area contributed by atoms with E-state index in [0.717, 1.165) is 5.56 Å². The normalized spacial score (nSPS) is 9.40. The van der Waals surface area contributed by atoms with Crippen molar-refractivity contribution in [3.05, 3.63) is 18.0 Å². The second-order valence-electron chi connectivity index (χ2n) is 1.71. The third-order valence-electron chi connectivity index (χ3n) is 1.02. The molecular formula is C6H7ClN2O. The summed E-state index contributed by atoms with van der Waals surface area (Å²) in [6.45, 7) is 0. The van der Waals surface area contributed by atoms with E-state index in [1.807, 2.05) is 0 Å². The molecule has 0 bridgehead atoms. The van der Waals surface area contributed by atoms with E-state index in [1.54, 1.807) is 12.4 Å². The lowest BCUT2D eigenvalue weighted by Gasteiger charge is -1.95. The monoisotopic (exact) mass is 158 g/mol. The summed E-state index contributed by atoms with van der Waals surface area (Å²) >= 11 is 5.50. The van der Waals surface area contributed by atoms with E-state index in [0.29, 0.717) is 11.9 Å². The van der Waals surface area contributed by atoms with Crippen LogP contribution in [0.15, 0.2) is 12.4 Å². The summed E-state index contributed by atoms with van der Waals surface area (Å²) in [6, 6.07) is 0.369. The van der Waals surface area contributed by atoms with Crippen LogP contribution in [-0.2, 0) is 5.88 Å². The number of rotatable bonds is 2. The zero-order chi connectivity index (χ0) is 7.40. The lowest BCUT2D eigenvalue weighted by atomic mass is 10.4. The van der Waals surface area contributed by atoms with Gasteiger partial charge in [0.15, 0.2) is 0 Å². The van der Waals surface area contributed by atoms with E-state index < -0.39 is 0 Å². The zero-order valence-corrected chi connectivity index (χ0v) is 6.30. The van der Waals surface area contributed by atoms with E-state index in [4.69, 9.17) is 16.3 Å². The Bertz CT molecular complexity index is 176. The van der Waals surface area contributed by atoms with Gasteiger partial charge in [-0.3, -0.25) is 0 Å². The van der Waals surface area contributed by atoms with Gasteiger partial charge in [-0.2, -0.15) is 0 Å². The molecule has 1 aromatic heterocycles. The van der Waals surface area contributed by atoms with Crippen LogP contribution in [0.5, 0.6) is 6.01 Å². The van der Waals surface area contributed by atoms with Crippen LogP contribution in [0, 0.1) is 0 Å². The Hall–Kier alpha value is -0.830. The minimum Gasteiger partial charge on any atom is -0.467 e. The molecule has 0 unspecified atom stereocenters. The molecule has 1 heterocycles. The van der Waals surface area contributed by atoms with Gasteiger partial charge in [-0.05, 0) is 0 Å². The summed E-state index contributed by atoms with van der Waals surface area (Å²) in [5, 5.41) is 0. The molecule has 0 aliphatic rings. The SMILES string of the molecule is COc1ncc(CCl)cn1. The van der Waals surface area contributed by atoms with E-state index >= 15 is 0 Å². The van der Waals surface area contributed by atoms with Gasteiger partial charge in [-0.1, -0.05) is 0 Å². The summed E-state index contributed by atoms with van der Waals surface area (Å²) < 4.78 is 4.75. The van der Waals surface area contributed by atoms with Gasteiger partial charge in [0.05, 0.1) is 13.0 Å². The molecule has 10 heavy (non-hydrogen) atoms. The number of halogens is 1. The highest BCUT2D eigenvalue weighted by Crippen LogP contribution is 2.03. The molecular weight excluding hydrogens is 152 g/mol. The first-order valence-corrected chi connectivity index (χ1v) is 3.31. The first-order valence-electron chi connectivity index (χ1n) is 2.77. The Morgan fingerprint density at radius 2 is 2.10 bits per heavy atom. The minimum atomic E-state index is 0.369. The quantitative estimate of drug-likeness (QED) is 0.608. The first-order chi connectivity index (χ1) is 4.86. The Morgan fingerprint density at radius 1 is 1.50 bits per heavy atom. The number of methoxy groups -OCH3 is 1. The van der Waals surface area contributed by atoms with Crippen molar-refractivity contribution >= 4 is 11.6 Å². The molecule has 54 valence electrons. The summed E-state index contributed by atoms with van der Waals surface area (Å²) in [4.78, 5) is 7.70. The molecule has 0 fully saturated rings. The van der Waals surface area contributed by atoms with Gasteiger partial charge in [0.2, 0.25) is 0 Å². The summed E-state index contributed by atoms with van der Waals surface area (Å²) in [7, 11) is 1.52. The van der Waals surface area contributed by atoms with Crippen LogP contribution in [-0.4, -0.2) is 17.1 Å². The van der Waals surface area contributed by atoms with Crippen LogP contribution >= 0.6 is 11.6 Å². The van der Waals surface area contributed by atoms with Crippen LogP contribution in [0.1, 0.15) is 5.56 Å². The fourth-order valence-corrected chi connectivity index (χ4v) is 0.655. The van der Waals surface area contributed by atoms with Gasteiger partial charge in [-0.15, -0.1) is 11.6 Å². The number of hydrogen-bond donors (Lipinski definition) is 0. The highest BCUT2D eigenvalue weighted by atomic mass is 35.5. The molecule has 1 aromatic rings. The standard InChI is InChI=1S/C6H7ClN2O/c1-10-6-8-3-5(2-7)4-9-6/h3-4H,2H2,1H3. The molecule has 0 aromatic carbocycles. The van der Waals surface area contributed by atoms with Crippen molar-refractivity contribution in [1.29, 1.82) is 0 Å². The van der Waals surface area contributed by atoms with Gasteiger partial charge in [0, 0.05) is 18.0 Å². The second-order valence-corrected chi connectivity index (χ2v) is 1.98. The number of ether oxygens (including phenoxy) is 1. The molecule has 0 saturated carbocycles. The first kappa shape index (κ1) is 7.28. The Morgan fingerprint density at radius 3 is 2.50 bits per heavy atom. The van der Waals surface area contributed by atoms with Crippen molar-refractivity contribution in [2.24, 2.45) is 0 Å². The van der Waals surface area contributed by atoms with Crippen molar-refractivity contribution in [2.45, 2.75) is 5.88 Å². The van der Waals surface area contributed by atoms with E-state index in [2.05, 4.69) is 9.97 Å². The van der Waals surface area contributed by atoms with Gasteiger partial charge in [0.25, 0.3) is 0 Å². The predicted octanol–water partition coefficient (Wildman–Crippen LogP) is 1.22. The fraction of sp³-hybridized carbons (Fsp3) is 0.333. The third-order valence-corrected chi connectivity index (χ3v) is 1.33. The topological polar surface area (TPSA) is 35.0 Å². The van der Waals surface area contributed by atoms with E-state index in [9.17, 15) is 0 Å². The Balaban J connectivity index is 2.80. The zero-order valence-electron chi connectivity index (χ0n) is 5.54. The molecule has 1 rings (SSSR count). The summed E-state index contributed by atoms with van der Waals surface area (Å²) in [6.07, 6.45) is 3.28. The van der Waals surface area contributed by atoms with Crippen molar-refractivity contribution in [3.63, 3.8) is 0 Å². The van der Waals surface area contributed by atoms with Gasteiger partial charge in [-0.25, -0.2) is 9.97 Å².